The number of carbonyl (C=O) groups is 2. The lowest BCUT2D eigenvalue weighted by Gasteiger charge is -2.21. The van der Waals surface area contributed by atoms with E-state index in [2.05, 4.69) is 0 Å². The lowest BCUT2D eigenvalue weighted by molar-refractivity contribution is -0.135. The Balaban J connectivity index is 3.11. The first kappa shape index (κ1) is 8.52. The smallest absolute Gasteiger partial charge is 0.336 e. The molecule has 0 amide bonds. The highest BCUT2D eigenvalue weighted by Gasteiger charge is 2.32. The number of carboxylic acid groups (broad SMARTS) is 2. The molecule has 64 valence electrons. The van der Waals surface area contributed by atoms with Gasteiger partial charge in [0.2, 0.25) is 0 Å². The SMILES string of the molecule is CC1=C(C)C(C(=O)O)=C1C(=O)O. The van der Waals surface area contributed by atoms with Gasteiger partial charge in [-0.2, -0.15) is 0 Å². The molecule has 0 atom stereocenters. The second kappa shape index (κ2) is 2.48. The molecule has 0 saturated heterocycles. The van der Waals surface area contributed by atoms with Crippen LogP contribution in [0.5, 0.6) is 0 Å². The fourth-order valence-corrected chi connectivity index (χ4v) is 1.22. The van der Waals surface area contributed by atoms with Gasteiger partial charge in [0.15, 0.2) is 0 Å². The minimum atomic E-state index is -1.17. The van der Waals surface area contributed by atoms with E-state index >= 15 is 0 Å². The van der Waals surface area contributed by atoms with Crippen LogP contribution in [0.15, 0.2) is 22.3 Å². The third kappa shape index (κ3) is 0.922. The fraction of sp³-hybridized carbons (Fsp3) is 0.250. The first-order valence-electron chi connectivity index (χ1n) is 3.36. The maximum Gasteiger partial charge on any atom is 0.336 e. The van der Waals surface area contributed by atoms with E-state index in [0.29, 0.717) is 11.1 Å². The van der Waals surface area contributed by atoms with Crippen LogP contribution in [0.2, 0.25) is 0 Å². The van der Waals surface area contributed by atoms with Crippen LogP contribution >= 0.6 is 0 Å². The lowest BCUT2D eigenvalue weighted by atomic mass is 9.82. The molecule has 4 heteroatoms. The van der Waals surface area contributed by atoms with E-state index in [1.807, 2.05) is 0 Å². The van der Waals surface area contributed by atoms with Gasteiger partial charge in [0.05, 0.1) is 11.1 Å². The van der Waals surface area contributed by atoms with Crippen LogP contribution in [0.4, 0.5) is 0 Å². The zero-order valence-corrected chi connectivity index (χ0v) is 6.71. The molecule has 0 radical (unpaired) electrons. The van der Waals surface area contributed by atoms with Gasteiger partial charge in [0.25, 0.3) is 0 Å². The van der Waals surface area contributed by atoms with E-state index in [1.165, 1.54) is 0 Å². The van der Waals surface area contributed by atoms with Crippen LogP contribution in [0.1, 0.15) is 13.8 Å². The molecule has 0 bridgehead atoms. The number of aliphatic carboxylic acids is 2. The van der Waals surface area contributed by atoms with Crippen LogP contribution in [0.25, 0.3) is 0 Å². The Morgan fingerprint density at radius 3 is 1.33 bits per heavy atom. The Bertz CT molecular complexity index is 301. The Hall–Kier alpha value is -1.58. The third-order valence-corrected chi connectivity index (χ3v) is 1.99. The fourth-order valence-electron chi connectivity index (χ4n) is 1.22. The Kier molecular flexibility index (Phi) is 1.76. The van der Waals surface area contributed by atoms with Gasteiger partial charge in [0.1, 0.15) is 0 Å². The van der Waals surface area contributed by atoms with E-state index in [-0.39, 0.29) is 11.1 Å². The average Bonchev–Trinajstić information content (AvgIpc) is 1.96. The van der Waals surface area contributed by atoms with E-state index in [9.17, 15) is 9.59 Å². The first-order valence-corrected chi connectivity index (χ1v) is 3.36. The molecule has 1 rings (SSSR count). The number of hydrogen-bond donors (Lipinski definition) is 2. The molecular weight excluding hydrogens is 160 g/mol. The number of rotatable bonds is 2. The van der Waals surface area contributed by atoms with Crippen molar-refractivity contribution in [1.29, 1.82) is 0 Å². The molecule has 2 N–H and O–H groups in total. The molecule has 0 unspecified atom stereocenters. The summed E-state index contributed by atoms with van der Waals surface area (Å²) in [6.45, 7) is 3.20. The standard InChI is InChI=1S/C8H8O4/c1-3-4(2)6(8(11)12)5(3)7(9)10/h1-2H3,(H,9,10)(H,11,12). The highest BCUT2D eigenvalue weighted by Crippen LogP contribution is 2.34. The van der Waals surface area contributed by atoms with Gasteiger partial charge in [-0.15, -0.1) is 0 Å². The molecule has 0 aromatic rings. The lowest BCUT2D eigenvalue weighted by Crippen LogP contribution is -2.21. The molecule has 12 heavy (non-hydrogen) atoms. The molecule has 0 saturated carbocycles. The van der Waals surface area contributed by atoms with E-state index in [1.54, 1.807) is 13.8 Å². The van der Waals surface area contributed by atoms with Crippen molar-refractivity contribution < 1.29 is 19.8 Å². The summed E-state index contributed by atoms with van der Waals surface area (Å²) in [5.74, 6) is -2.34. The molecule has 0 fully saturated rings. The largest absolute Gasteiger partial charge is 0.478 e. The molecule has 4 nitrogen and oxygen atoms in total. The van der Waals surface area contributed by atoms with Crippen LogP contribution in [-0.4, -0.2) is 22.2 Å². The monoisotopic (exact) mass is 168 g/mol. The average molecular weight is 168 g/mol. The maximum atomic E-state index is 10.5. The van der Waals surface area contributed by atoms with Crippen molar-refractivity contribution in [2.24, 2.45) is 0 Å². The van der Waals surface area contributed by atoms with Gasteiger partial charge in [-0.3, -0.25) is 0 Å². The molecule has 0 heterocycles. The summed E-state index contributed by atoms with van der Waals surface area (Å²) in [6.07, 6.45) is 0. The summed E-state index contributed by atoms with van der Waals surface area (Å²) < 4.78 is 0. The predicted octanol–water partition coefficient (Wildman–Crippen LogP) is 0.802. The van der Waals surface area contributed by atoms with Gasteiger partial charge < -0.3 is 10.2 Å². The van der Waals surface area contributed by atoms with Crippen LogP contribution in [-0.2, 0) is 9.59 Å². The van der Waals surface area contributed by atoms with E-state index in [0.717, 1.165) is 0 Å². The van der Waals surface area contributed by atoms with Gasteiger partial charge in [-0.25, -0.2) is 9.59 Å². The van der Waals surface area contributed by atoms with Crippen molar-refractivity contribution >= 4 is 11.9 Å². The number of hydrogen-bond acceptors (Lipinski definition) is 2. The zero-order valence-electron chi connectivity index (χ0n) is 6.71. The molecule has 0 aromatic carbocycles. The van der Waals surface area contributed by atoms with Crippen molar-refractivity contribution in [3.63, 3.8) is 0 Å². The van der Waals surface area contributed by atoms with Gasteiger partial charge >= 0.3 is 11.9 Å². The van der Waals surface area contributed by atoms with Crippen molar-refractivity contribution in [2.75, 3.05) is 0 Å². The third-order valence-electron chi connectivity index (χ3n) is 1.99. The van der Waals surface area contributed by atoms with Gasteiger partial charge in [0, 0.05) is 0 Å². The molecular formula is C8H8O4. The highest BCUT2D eigenvalue weighted by molar-refractivity contribution is 6.09. The van der Waals surface area contributed by atoms with Crippen molar-refractivity contribution in [3.05, 3.63) is 22.3 Å². The normalized spacial score (nSPS) is 16.2. The van der Waals surface area contributed by atoms with Gasteiger partial charge in [-0.05, 0) is 25.0 Å². The summed E-state index contributed by atoms with van der Waals surface area (Å²) in [6, 6.07) is 0. The molecule has 0 aliphatic heterocycles. The minimum absolute atomic E-state index is 0.0694. The topological polar surface area (TPSA) is 74.6 Å². The first-order chi connectivity index (χ1) is 5.46. The second-order valence-electron chi connectivity index (χ2n) is 2.61. The van der Waals surface area contributed by atoms with Crippen molar-refractivity contribution in [3.8, 4) is 0 Å². The van der Waals surface area contributed by atoms with Crippen LogP contribution in [0.3, 0.4) is 0 Å². The van der Waals surface area contributed by atoms with Crippen LogP contribution in [0, 0.1) is 0 Å². The summed E-state index contributed by atoms with van der Waals surface area (Å²) in [7, 11) is 0. The van der Waals surface area contributed by atoms with E-state index < -0.39 is 11.9 Å². The van der Waals surface area contributed by atoms with Crippen molar-refractivity contribution in [1.82, 2.24) is 0 Å². The Morgan fingerprint density at radius 2 is 1.17 bits per heavy atom. The zero-order chi connectivity index (χ0) is 9.46. The number of carboxylic acids is 2. The predicted molar refractivity (Wildman–Crippen MR) is 40.7 cm³/mol. The van der Waals surface area contributed by atoms with Crippen molar-refractivity contribution in [2.45, 2.75) is 13.8 Å². The summed E-state index contributed by atoms with van der Waals surface area (Å²) in [5, 5.41) is 17.2. The molecule has 1 aliphatic carbocycles. The second-order valence-corrected chi connectivity index (χ2v) is 2.61. The Morgan fingerprint density at radius 1 is 0.917 bits per heavy atom. The Labute approximate surface area is 68.8 Å². The summed E-state index contributed by atoms with van der Waals surface area (Å²) in [4.78, 5) is 21.0. The maximum absolute atomic E-state index is 10.5. The quantitative estimate of drug-likeness (QED) is 0.639. The van der Waals surface area contributed by atoms with E-state index in [4.69, 9.17) is 10.2 Å². The molecule has 0 aromatic heterocycles. The van der Waals surface area contributed by atoms with Crippen LogP contribution < -0.4 is 0 Å². The summed E-state index contributed by atoms with van der Waals surface area (Å²) >= 11 is 0. The molecule has 1 aliphatic rings. The molecule has 0 spiro atoms. The summed E-state index contributed by atoms with van der Waals surface area (Å²) in [5.41, 5.74) is 0.972. The minimum Gasteiger partial charge on any atom is -0.478 e. The highest BCUT2D eigenvalue weighted by atomic mass is 16.4. The van der Waals surface area contributed by atoms with Gasteiger partial charge in [-0.1, -0.05) is 0 Å².